The highest BCUT2D eigenvalue weighted by Crippen LogP contribution is 2.19. The summed E-state index contributed by atoms with van der Waals surface area (Å²) in [7, 11) is 0. The maximum absolute atomic E-state index is 11.8. The number of aromatic nitrogens is 1. The van der Waals surface area contributed by atoms with Gasteiger partial charge in [0.15, 0.2) is 5.58 Å². The fourth-order valence-corrected chi connectivity index (χ4v) is 3.06. The predicted octanol–water partition coefficient (Wildman–Crippen LogP) is 3.16. The van der Waals surface area contributed by atoms with Crippen molar-refractivity contribution in [3.8, 4) is 0 Å². The molecule has 1 aliphatic heterocycles. The Bertz CT molecular complexity index is 625. The Morgan fingerprint density at radius 2 is 2.32 bits per heavy atom. The zero-order valence-corrected chi connectivity index (χ0v) is 12.8. The molecule has 1 unspecified atom stereocenters. The SMILES string of the molecule is O=c1oc2cc(I)ccc2n1CCCC1CCCO1. The third-order valence-electron chi connectivity index (χ3n) is 3.56. The molecule has 1 atom stereocenters. The van der Waals surface area contributed by atoms with Crippen LogP contribution in [0.4, 0.5) is 0 Å². The van der Waals surface area contributed by atoms with E-state index in [-0.39, 0.29) is 5.76 Å². The Labute approximate surface area is 124 Å². The van der Waals surface area contributed by atoms with Gasteiger partial charge in [0, 0.05) is 16.7 Å². The fourth-order valence-electron chi connectivity index (χ4n) is 2.60. The second-order valence-corrected chi connectivity index (χ2v) is 6.15. The molecule has 0 spiro atoms. The topological polar surface area (TPSA) is 44.4 Å². The molecule has 0 N–H and O–H groups in total. The summed E-state index contributed by atoms with van der Waals surface area (Å²) < 4.78 is 13.7. The van der Waals surface area contributed by atoms with Crippen LogP contribution in [0.15, 0.2) is 27.4 Å². The van der Waals surface area contributed by atoms with E-state index in [4.69, 9.17) is 9.15 Å². The minimum absolute atomic E-state index is 0.260. The van der Waals surface area contributed by atoms with Crippen LogP contribution in [0.3, 0.4) is 0 Å². The van der Waals surface area contributed by atoms with E-state index in [1.54, 1.807) is 4.57 Å². The van der Waals surface area contributed by atoms with Gasteiger partial charge in [-0.1, -0.05) is 0 Å². The molecule has 0 radical (unpaired) electrons. The summed E-state index contributed by atoms with van der Waals surface area (Å²) in [5.74, 6) is -0.260. The molecule has 1 fully saturated rings. The molecule has 19 heavy (non-hydrogen) atoms. The van der Waals surface area contributed by atoms with E-state index < -0.39 is 0 Å². The normalized spacial score (nSPS) is 19.3. The number of nitrogens with zero attached hydrogens (tertiary/aromatic N) is 1. The summed E-state index contributed by atoms with van der Waals surface area (Å²) in [5, 5.41) is 0. The summed E-state index contributed by atoms with van der Waals surface area (Å²) in [4.78, 5) is 11.8. The van der Waals surface area contributed by atoms with E-state index in [2.05, 4.69) is 22.6 Å². The number of benzene rings is 1. The van der Waals surface area contributed by atoms with E-state index in [9.17, 15) is 4.79 Å². The van der Waals surface area contributed by atoms with Gasteiger partial charge < -0.3 is 9.15 Å². The standard InChI is InChI=1S/C14H16INO3/c15-10-5-6-12-13(9-10)19-14(17)16(12)7-1-3-11-4-2-8-18-11/h5-6,9,11H,1-4,7-8H2. The number of oxazole rings is 1. The van der Waals surface area contributed by atoms with Crippen LogP contribution in [0.5, 0.6) is 0 Å². The van der Waals surface area contributed by atoms with Gasteiger partial charge in [0.25, 0.3) is 0 Å². The molecule has 1 aliphatic rings. The largest absolute Gasteiger partial charge is 0.419 e. The highest BCUT2D eigenvalue weighted by Gasteiger charge is 2.15. The Morgan fingerprint density at radius 3 is 3.11 bits per heavy atom. The predicted molar refractivity (Wildman–Crippen MR) is 81.4 cm³/mol. The molecular formula is C14H16INO3. The molecule has 1 aromatic heterocycles. The van der Waals surface area contributed by atoms with Gasteiger partial charge in [0.1, 0.15) is 0 Å². The molecule has 0 aliphatic carbocycles. The van der Waals surface area contributed by atoms with Crippen LogP contribution in [0.25, 0.3) is 11.1 Å². The van der Waals surface area contributed by atoms with Crippen LogP contribution in [-0.4, -0.2) is 17.3 Å². The minimum Gasteiger partial charge on any atom is -0.408 e. The van der Waals surface area contributed by atoms with Crippen molar-refractivity contribution in [3.63, 3.8) is 0 Å². The lowest BCUT2D eigenvalue weighted by Gasteiger charge is -2.08. The Kier molecular flexibility index (Phi) is 3.93. The van der Waals surface area contributed by atoms with E-state index in [1.807, 2.05) is 18.2 Å². The van der Waals surface area contributed by atoms with Crippen molar-refractivity contribution in [2.45, 2.75) is 38.3 Å². The van der Waals surface area contributed by atoms with Gasteiger partial charge in [-0.05, 0) is 66.5 Å². The smallest absolute Gasteiger partial charge is 0.408 e. The first kappa shape index (κ1) is 13.2. The van der Waals surface area contributed by atoms with Gasteiger partial charge in [0.2, 0.25) is 0 Å². The van der Waals surface area contributed by atoms with Gasteiger partial charge in [-0.25, -0.2) is 4.79 Å². The summed E-state index contributed by atoms with van der Waals surface area (Å²) in [6.45, 7) is 1.59. The number of fused-ring (bicyclic) bond motifs is 1. The molecule has 0 saturated carbocycles. The lowest BCUT2D eigenvalue weighted by Crippen LogP contribution is -2.15. The molecular weight excluding hydrogens is 357 g/mol. The number of rotatable bonds is 4. The average molecular weight is 373 g/mol. The first-order chi connectivity index (χ1) is 9.24. The van der Waals surface area contributed by atoms with Crippen molar-refractivity contribution in [2.75, 3.05) is 6.61 Å². The lowest BCUT2D eigenvalue weighted by molar-refractivity contribution is 0.101. The number of ether oxygens (including phenoxy) is 1. The van der Waals surface area contributed by atoms with Crippen molar-refractivity contribution >= 4 is 33.7 Å². The Balaban J connectivity index is 1.73. The van der Waals surface area contributed by atoms with Gasteiger partial charge in [-0.2, -0.15) is 0 Å². The fraction of sp³-hybridized carbons (Fsp3) is 0.500. The van der Waals surface area contributed by atoms with Crippen LogP contribution < -0.4 is 5.76 Å². The van der Waals surface area contributed by atoms with E-state index >= 15 is 0 Å². The van der Waals surface area contributed by atoms with E-state index in [0.29, 0.717) is 18.2 Å². The van der Waals surface area contributed by atoms with Crippen LogP contribution in [-0.2, 0) is 11.3 Å². The minimum atomic E-state index is -0.260. The number of hydrogen-bond donors (Lipinski definition) is 0. The Morgan fingerprint density at radius 1 is 1.42 bits per heavy atom. The third kappa shape index (κ3) is 2.86. The van der Waals surface area contributed by atoms with Gasteiger partial charge >= 0.3 is 5.76 Å². The first-order valence-corrected chi connectivity index (χ1v) is 7.72. The van der Waals surface area contributed by atoms with Gasteiger partial charge in [-0.15, -0.1) is 0 Å². The van der Waals surface area contributed by atoms with Crippen molar-refractivity contribution < 1.29 is 9.15 Å². The third-order valence-corrected chi connectivity index (χ3v) is 4.23. The quantitative estimate of drug-likeness (QED) is 0.774. The number of halogens is 1. The molecule has 102 valence electrons. The molecule has 2 aromatic rings. The maximum Gasteiger partial charge on any atom is 0.419 e. The lowest BCUT2D eigenvalue weighted by atomic mass is 10.1. The second kappa shape index (κ2) is 5.66. The first-order valence-electron chi connectivity index (χ1n) is 6.64. The van der Waals surface area contributed by atoms with Crippen molar-refractivity contribution in [1.29, 1.82) is 0 Å². The van der Waals surface area contributed by atoms with E-state index in [1.165, 1.54) is 0 Å². The zero-order chi connectivity index (χ0) is 13.2. The van der Waals surface area contributed by atoms with Crippen LogP contribution >= 0.6 is 22.6 Å². The van der Waals surface area contributed by atoms with Crippen LogP contribution in [0.2, 0.25) is 0 Å². The molecule has 3 rings (SSSR count). The number of hydrogen-bond acceptors (Lipinski definition) is 3. The molecule has 0 amide bonds. The van der Waals surface area contributed by atoms with Crippen LogP contribution in [0.1, 0.15) is 25.7 Å². The summed E-state index contributed by atoms with van der Waals surface area (Å²) in [6, 6.07) is 5.84. The molecule has 1 saturated heterocycles. The van der Waals surface area contributed by atoms with Crippen molar-refractivity contribution in [2.24, 2.45) is 0 Å². The van der Waals surface area contributed by atoms with Crippen molar-refractivity contribution in [3.05, 3.63) is 32.3 Å². The van der Waals surface area contributed by atoms with Crippen LogP contribution in [0, 0.1) is 3.57 Å². The van der Waals surface area contributed by atoms with Gasteiger partial charge in [-0.3, -0.25) is 4.57 Å². The van der Waals surface area contributed by atoms with Crippen molar-refractivity contribution in [1.82, 2.24) is 4.57 Å². The monoisotopic (exact) mass is 373 g/mol. The Hall–Kier alpha value is -0.820. The highest BCUT2D eigenvalue weighted by molar-refractivity contribution is 14.1. The molecule has 5 heteroatoms. The molecule has 0 bridgehead atoms. The second-order valence-electron chi connectivity index (χ2n) is 4.91. The molecule has 1 aromatic carbocycles. The van der Waals surface area contributed by atoms with E-state index in [0.717, 1.165) is 41.4 Å². The molecule has 2 heterocycles. The highest BCUT2D eigenvalue weighted by atomic mass is 127. The summed E-state index contributed by atoms with van der Waals surface area (Å²) in [6.07, 6.45) is 4.67. The average Bonchev–Trinajstić information content (AvgIpc) is 2.98. The molecule has 4 nitrogen and oxygen atoms in total. The zero-order valence-electron chi connectivity index (χ0n) is 10.6. The van der Waals surface area contributed by atoms with Gasteiger partial charge in [0.05, 0.1) is 11.6 Å². The summed E-state index contributed by atoms with van der Waals surface area (Å²) >= 11 is 2.22. The maximum atomic E-state index is 11.8. The number of aryl methyl sites for hydroxylation is 1. The summed E-state index contributed by atoms with van der Waals surface area (Å²) in [5.41, 5.74) is 1.56.